The number of rotatable bonds is 8. The molecule has 7 nitrogen and oxygen atoms in total. The number of benzene rings is 2. The molecule has 0 saturated carbocycles. The van der Waals surface area contributed by atoms with E-state index >= 15 is 0 Å². The molecule has 2 atom stereocenters. The van der Waals surface area contributed by atoms with Gasteiger partial charge in [0.25, 0.3) is 5.91 Å². The average molecular weight is 413 g/mol. The molecule has 0 fully saturated rings. The fourth-order valence-electron chi connectivity index (χ4n) is 3.13. The number of esters is 1. The van der Waals surface area contributed by atoms with Gasteiger partial charge in [0.1, 0.15) is 13.2 Å². The van der Waals surface area contributed by atoms with E-state index in [2.05, 4.69) is 17.4 Å². The van der Waals surface area contributed by atoms with Crippen LogP contribution in [0.2, 0.25) is 0 Å². The third-order valence-corrected chi connectivity index (χ3v) is 4.81. The molecule has 0 saturated heterocycles. The van der Waals surface area contributed by atoms with Gasteiger partial charge in [0.05, 0.1) is 12.7 Å². The van der Waals surface area contributed by atoms with Crippen molar-refractivity contribution in [3.05, 3.63) is 53.6 Å². The van der Waals surface area contributed by atoms with Crippen molar-refractivity contribution in [3.8, 4) is 17.2 Å². The molecule has 30 heavy (non-hydrogen) atoms. The number of hydrogen-bond acceptors (Lipinski definition) is 6. The van der Waals surface area contributed by atoms with Crippen molar-refractivity contribution in [2.45, 2.75) is 38.8 Å². The Hall–Kier alpha value is -3.22. The van der Waals surface area contributed by atoms with Gasteiger partial charge in [-0.3, -0.25) is 4.79 Å². The molecule has 0 aliphatic carbocycles. The van der Waals surface area contributed by atoms with Crippen LogP contribution >= 0.6 is 0 Å². The van der Waals surface area contributed by atoms with Crippen LogP contribution in [0.5, 0.6) is 17.2 Å². The van der Waals surface area contributed by atoms with Crippen LogP contribution in [0.15, 0.2) is 42.5 Å². The molecule has 2 aromatic rings. The second-order valence-electron chi connectivity index (χ2n) is 7.18. The molecule has 0 bridgehead atoms. The van der Waals surface area contributed by atoms with E-state index in [-0.39, 0.29) is 17.5 Å². The van der Waals surface area contributed by atoms with Crippen LogP contribution in [0.1, 0.15) is 36.2 Å². The Bertz CT molecular complexity index is 866. The van der Waals surface area contributed by atoms with Crippen LogP contribution < -0.4 is 19.5 Å². The molecule has 7 heteroatoms. The van der Waals surface area contributed by atoms with Crippen molar-refractivity contribution in [2.24, 2.45) is 0 Å². The summed E-state index contributed by atoms with van der Waals surface area (Å²) in [6.07, 6.45) is 0.708. The molecule has 2 aromatic carbocycles. The Labute approximate surface area is 176 Å². The standard InChI is InChI=1S/C23H27NO6/c1-15(9-10-17-7-5-4-6-8-17)24-22(25)16(2)30-23(26)18-13-19(27-3)21-20(14-18)28-11-12-29-21/h4-8,13-16H,9-12H2,1-3H3,(H,24,25)/t15-,16+/m1/s1. The molecule has 0 spiro atoms. The van der Waals surface area contributed by atoms with Crippen LogP contribution in [0.4, 0.5) is 0 Å². The van der Waals surface area contributed by atoms with Gasteiger partial charge < -0.3 is 24.3 Å². The van der Waals surface area contributed by atoms with E-state index in [1.54, 1.807) is 6.92 Å². The molecule has 1 aliphatic heterocycles. The first-order chi connectivity index (χ1) is 14.5. The highest BCUT2D eigenvalue weighted by molar-refractivity contribution is 5.93. The minimum absolute atomic E-state index is 0.0479. The topological polar surface area (TPSA) is 83.1 Å². The lowest BCUT2D eigenvalue weighted by Gasteiger charge is -2.22. The quantitative estimate of drug-likeness (QED) is 0.670. The third-order valence-electron chi connectivity index (χ3n) is 4.81. The normalized spacial score (nSPS) is 14.4. The molecule has 0 radical (unpaired) electrons. The van der Waals surface area contributed by atoms with Gasteiger partial charge in [0.2, 0.25) is 5.75 Å². The molecule has 1 heterocycles. The van der Waals surface area contributed by atoms with Crippen molar-refractivity contribution >= 4 is 11.9 Å². The number of nitrogens with one attached hydrogen (secondary N) is 1. The highest BCUT2D eigenvalue weighted by Crippen LogP contribution is 2.40. The van der Waals surface area contributed by atoms with Gasteiger partial charge in [-0.25, -0.2) is 4.79 Å². The van der Waals surface area contributed by atoms with Gasteiger partial charge >= 0.3 is 5.97 Å². The summed E-state index contributed by atoms with van der Waals surface area (Å²) < 4.78 is 21.7. The molecular formula is C23H27NO6. The van der Waals surface area contributed by atoms with Gasteiger partial charge in [-0.1, -0.05) is 30.3 Å². The molecule has 1 aliphatic rings. The van der Waals surface area contributed by atoms with Gasteiger partial charge in [0, 0.05) is 6.04 Å². The van der Waals surface area contributed by atoms with E-state index in [0.29, 0.717) is 30.5 Å². The van der Waals surface area contributed by atoms with Crippen LogP contribution in [0.25, 0.3) is 0 Å². The number of ether oxygens (including phenoxy) is 4. The Morgan fingerprint density at radius 2 is 1.83 bits per heavy atom. The van der Waals surface area contributed by atoms with E-state index in [9.17, 15) is 9.59 Å². The van der Waals surface area contributed by atoms with Crippen molar-refractivity contribution in [2.75, 3.05) is 20.3 Å². The van der Waals surface area contributed by atoms with Gasteiger partial charge in [-0.2, -0.15) is 0 Å². The second kappa shape index (κ2) is 10.0. The number of aryl methyl sites for hydroxylation is 1. The molecule has 160 valence electrons. The zero-order valence-electron chi connectivity index (χ0n) is 17.5. The predicted octanol–water partition coefficient (Wildman–Crippen LogP) is 3.15. The smallest absolute Gasteiger partial charge is 0.339 e. The molecule has 0 unspecified atom stereocenters. The lowest BCUT2D eigenvalue weighted by Crippen LogP contribution is -2.41. The van der Waals surface area contributed by atoms with Gasteiger partial charge in [0.15, 0.2) is 17.6 Å². The summed E-state index contributed by atoms with van der Waals surface area (Å²) in [5.41, 5.74) is 1.44. The monoisotopic (exact) mass is 413 g/mol. The van der Waals surface area contributed by atoms with Crippen LogP contribution in [0.3, 0.4) is 0 Å². The van der Waals surface area contributed by atoms with Crippen molar-refractivity contribution in [1.82, 2.24) is 5.32 Å². The van der Waals surface area contributed by atoms with Crippen LogP contribution in [-0.4, -0.2) is 44.3 Å². The maximum absolute atomic E-state index is 12.6. The highest BCUT2D eigenvalue weighted by atomic mass is 16.6. The highest BCUT2D eigenvalue weighted by Gasteiger charge is 2.24. The first-order valence-corrected chi connectivity index (χ1v) is 10.0. The second-order valence-corrected chi connectivity index (χ2v) is 7.18. The van der Waals surface area contributed by atoms with Gasteiger partial charge in [-0.15, -0.1) is 0 Å². The predicted molar refractivity (Wildman–Crippen MR) is 111 cm³/mol. The maximum atomic E-state index is 12.6. The number of carbonyl (C=O) groups is 2. The first-order valence-electron chi connectivity index (χ1n) is 10.0. The summed E-state index contributed by atoms with van der Waals surface area (Å²) in [5, 5.41) is 2.89. The van der Waals surface area contributed by atoms with Gasteiger partial charge in [-0.05, 0) is 44.4 Å². The minimum Gasteiger partial charge on any atom is -0.493 e. The van der Waals surface area contributed by atoms with Crippen LogP contribution in [0, 0.1) is 0 Å². The first kappa shape index (κ1) is 21.5. The Morgan fingerprint density at radius 1 is 1.10 bits per heavy atom. The van der Waals surface area contributed by atoms with Crippen molar-refractivity contribution < 1.29 is 28.5 Å². The molecule has 1 amide bonds. The molecule has 1 N–H and O–H groups in total. The SMILES string of the molecule is COc1cc(C(=O)O[C@@H](C)C(=O)N[C@H](C)CCc2ccccc2)cc2c1OCCO2. The number of methoxy groups -OCH3 is 1. The van der Waals surface area contributed by atoms with E-state index in [0.717, 1.165) is 12.8 Å². The summed E-state index contributed by atoms with van der Waals surface area (Å²) in [7, 11) is 1.48. The molecule has 0 aromatic heterocycles. The average Bonchev–Trinajstić information content (AvgIpc) is 2.77. The number of fused-ring (bicyclic) bond motifs is 1. The Kier molecular flexibility index (Phi) is 7.17. The summed E-state index contributed by atoms with van der Waals surface area (Å²) >= 11 is 0. The Morgan fingerprint density at radius 3 is 2.57 bits per heavy atom. The summed E-state index contributed by atoms with van der Waals surface area (Å²) in [5.74, 6) is 0.279. The fraction of sp³-hybridized carbons (Fsp3) is 0.391. The van der Waals surface area contributed by atoms with E-state index < -0.39 is 12.1 Å². The molecular weight excluding hydrogens is 386 g/mol. The number of amides is 1. The zero-order chi connectivity index (χ0) is 21.5. The Balaban J connectivity index is 1.55. The molecule has 3 rings (SSSR count). The number of hydrogen-bond donors (Lipinski definition) is 1. The summed E-state index contributed by atoms with van der Waals surface area (Å²) in [4.78, 5) is 25.0. The van der Waals surface area contributed by atoms with E-state index in [4.69, 9.17) is 18.9 Å². The van der Waals surface area contributed by atoms with Crippen molar-refractivity contribution in [3.63, 3.8) is 0 Å². The van der Waals surface area contributed by atoms with Crippen molar-refractivity contribution in [1.29, 1.82) is 0 Å². The number of carbonyl (C=O) groups excluding carboxylic acids is 2. The van der Waals surface area contributed by atoms with E-state index in [1.165, 1.54) is 24.8 Å². The van der Waals surface area contributed by atoms with Crippen LogP contribution in [-0.2, 0) is 16.0 Å². The lowest BCUT2D eigenvalue weighted by molar-refractivity contribution is -0.129. The maximum Gasteiger partial charge on any atom is 0.339 e. The largest absolute Gasteiger partial charge is 0.493 e. The third kappa shape index (κ3) is 5.43. The zero-order valence-corrected chi connectivity index (χ0v) is 17.5. The lowest BCUT2D eigenvalue weighted by atomic mass is 10.1. The minimum atomic E-state index is -0.934. The fourth-order valence-corrected chi connectivity index (χ4v) is 3.13. The van der Waals surface area contributed by atoms with E-state index in [1.807, 2.05) is 25.1 Å². The summed E-state index contributed by atoms with van der Waals surface area (Å²) in [6.45, 7) is 4.27. The summed E-state index contributed by atoms with van der Waals surface area (Å²) in [6, 6.07) is 13.1.